The van der Waals surface area contributed by atoms with Gasteiger partial charge < -0.3 is 14.9 Å². The van der Waals surface area contributed by atoms with Crippen LogP contribution < -0.4 is 4.74 Å². The van der Waals surface area contributed by atoms with E-state index in [1.54, 1.807) is 0 Å². The highest BCUT2D eigenvalue weighted by molar-refractivity contribution is 5.91. The molecule has 0 atom stereocenters. The molecule has 0 bridgehead atoms. The molecule has 0 aliphatic rings. The molecule has 0 radical (unpaired) electrons. The van der Waals surface area contributed by atoms with E-state index in [0.717, 1.165) is 24.3 Å². The van der Waals surface area contributed by atoms with Crippen LogP contribution in [0.5, 0.6) is 11.5 Å². The average molecular weight is 316 g/mol. The third kappa shape index (κ3) is 3.46. The molecule has 22 heavy (non-hydrogen) atoms. The van der Waals surface area contributed by atoms with Gasteiger partial charge in [0.1, 0.15) is 11.3 Å². The largest absolute Gasteiger partial charge is 0.573 e. The molecule has 0 heterocycles. The van der Waals surface area contributed by atoms with Gasteiger partial charge in [0.2, 0.25) is 0 Å². The standard InChI is InChI=1S/C14H8F4O4/c15-10-4-2-8(6-12(10)22-14(16,17)18)7-1-3-9(13(20)21)11(19)5-7/h1-6,19H,(H,20,21). The van der Waals surface area contributed by atoms with Gasteiger partial charge >= 0.3 is 12.3 Å². The first-order chi connectivity index (χ1) is 10.2. The van der Waals surface area contributed by atoms with E-state index in [-0.39, 0.29) is 16.7 Å². The number of carboxylic acids is 1. The van der Waals surface area contributed by atoms with Gasteiger partial charge in [-0.05, 0) is 35.4 Å². The van der Waals surface area contributed by atoms with Crippen molar-refractivity contribution >= 4 is 5.97 Å². The summed E-state index contributed by atoms with van der Waals surface area (Å²) in [5, 5.41) is 18.3. The van der Waals surface area contributed by atoms with Crippen LogP contribution in [-0.4, -0.2) is 22.5 Å². The maximum absolute atomic E-state index is 13.3. The number of carboxylic acid groups (broad SMARTS) is 1. The number of halogens is 4. The van der Waals surface area contributed by atoms with Crippen molar-refractivity contribution < 1.29 is 37.3 Å². The van der Waals surface area contributed by atoms with Crippen molar-refractivity contribution in [3.63, 3.8) is 0 Å². The van der Waals surface area contributed by atoms with Crippen molar-refractivity contribution in [1.82, 2.24) is 0 Å². The van der Waals surface area contributed by atoms with Gasteiger partial charge in [-0.15, -0.1) is 13.2 Å². The number of hydrogen-bond acceptors (Lipinski definition) is 3. The minimum absolute atomic E-state index is 0.118. The van der Waals surface area contributed by atoms with Gasteiger partial charge in [0.25, 0.3) is 0 Å². The monoisotopic (exact) mass is 316 g/mol. The fourth-order valence-corrected chi connectivity index (χ4v) is 1.78. The lowest BCUT2D eigenvalue weighted by Crippen LogP contribution is -2.18. The second-order valence-electron chi connectivity index (χ2n) is 4.23. The first-order valence-corrected chi connectivity index (χ1v) is 5.79. The molecule has 8 heteroatoms. The van der Waals surface area contributed by atoms with Crippen LogP contribution in [0.2, 0.25) is 0 Å². The molecule has 2 N–H and O–H groups in total. The van der Waals surface area contributed by atoms with E-state index in [1.807, 2.05) is 0 Å². The summed E-state index contributed by atoms with van der Waals surface area (Å²) >= 11 is 0. The zero-order valence-electron chi connectivity index (χ0n) is 10.7. The Bertz CT molecular complexity index is 725. The van der Waals surface area contributed by atoms with Crippen molar-refractivity contribution in [2.24, 2.45) is 0 Å². The summed E-state index contributed by atoms with van der Waals surface area (Å²) in [6.45, 7) is 0. The topological polar surface area (TPSA) is 66.8 Å². The SMILES string of the molecule is O=C(O)c1ccc(-c2ccc(F)c(OC(F)(F)F)c2)cc1O. The van der Waals surface area contributed by atoms with E-state index >= 15 is 0 Å². The predicted octanol–water partition coefficient (Wildman–Crippen LogP) is 3.80. The maximum atomic E-state index is 13.3. The van der Waals surface area contributed by atoms with Crippen molar-refractivity contribution in [3.8, 4) is 22.6 Å². The molecule has 0 saturated carbocycles. The zero-order chi connectivity index (χ0) is 16.5. The first-order valence-electron chi connectivity index (χ1n) is 5.79. The van der Waals surface area contributed by atoms with Gasteiger partial charge in [-0.2, -0.15) is 0 Å². The van der Waals surface area contributed by atoms with Crippen LogP contribution in [0.1, 0.15) is 10.4 Å². The second-order valence-corrected chi connectivity index (χ2v) is 4.23. The van der Waals surface area contributed by atoms with Crippen molar-refractivity contribution in [1.29, 1.82) is 0 Å². The molecule has 4 nitrogen and oxygen atoms in total. The fraction of sp³-hybridized carbons (Fsp3) is 0.0714. The van der Waals surface area contributed by atoms with Gasteiger partial charge in [0.05, 0.1) is 0 Å². The van der Waals surface area contributed by atoms with Gasteiger partial charge in [0, 0.05) is 0 Å². The second kappa shape index (κ2) is 5.55. The van der Waals surface area contributed by atoms with Gasteiger partial charge in [-0.3, -0.25) is 0 Å². The molecule has 0 aromatic heterocycles. The number of benzene rings is 2. The third-order valence-electron chi connectivity index (χ3n) is 2.72. The summed E-state index contributed by atoms with van der Waals surface area (Å²) in [7, 11) is 0. The molecule has 0 aliphatic heterocycles. The number of ether oxygens (including phenoxy) is 1. The molecular formula is C14H8F4O4. The molecule has 0 saturated heterocycles. The van der Waals surface area contributed by atoms with Crippen LogP contribution in [0.3, 0.4) is 0 Å². The van der Waals surface area contributed by atoms with E-state index in [4.69, 9.17) is 5.11 Å². The minimum Gasteiger partial charge on any atom is -0.507 e. The highest BCUT2D eigenvalue weighted by Gasteiger charge is 2.32. The van der Waals surface area contributed by atoms with Crippen LogP contribution in [-0.2, 0) is 0 Å². The Hall–Kier alpha value is -2.77. The lowest BCUT2D eigenvalue weighted by atomic mass is 10.0. The minimum atomic E-state index is -5.05. The van der Waals surface area contributed by atoms with Crippen molar-refractivity contribution in [3.05, 3.63) is 47.8 Å². The average Bonchev–Trinajstić information content (AvgIpc) is 2.39. The number of carbonyl (C=O) groups is 1. The number of aromatic carboxylic acids is 1. The molecule has 0 spiro atoms. The van der Waals surface area contributed by atoms with Gasteiger partial charge in [-0.1, -0.05) is 12.1 Å². The highest BCUT2D eigenvalue weighted by Crippen LogP contribution is 2.32. The van der Waals surface area contributed by atoms with Gasteiger partial charge in [0.15, 0.2) is 11.6 Å². The van der Waals surface area contributed by atoms with E-state index in [2.05, 4.69) is 4.74 Å². The smallest absolute Gasteiger partial charge is 0.507 e. The molecule has 0 fully saturated rings. The van der Waals surface area contributed by atoms with Crippen LogP contribution in [0.25, 0.3) is 11.1 Å². The molecule has 2 rings (SSSR count). The maximum Gasteiger partial charge on any atom is 0.573 e. The Morgan fingerprint density at radius 3 is 2.18 bits per heavy atom. The molecule has 0 aliphatic carbocycles. The summed E-state index contributed by atoms with van der Waals surface area (Å²) < 4.78 is 53.4. The van der Waals surface area contributed by atoms with Crippen molar-refractivity contribution in [2.45, 2.75) is 6.36 Å². The third-order valence-corrected chi connectivity index (χ3v) is 2.72. The summed E-state index contributed by atoms with van der Waals surface area (Å²) in [5.41, 5.74) is -0.0416. The molecule has 0 amide bonds. The van der Waals surface area contributed by atoms with E-state index in [1.165, 1.54) is 12.1 Å². The predicted molar refractivity (Wildman–Crippen MR) is 67.1 cm³/mol. The Morgan fingerprint density at radius 2 is 1.64 bits per heavy atom. The Morgan fingerprint density at radius 1 is 1.05 bits per heavy atom. The summed E-state index contributed by atoms with van der Waals surface area (Å²) in [4.78, 5) is 10.8. The van der Waals surface area contributed by atoms with E-state index in [9.17, 15) is 27.5 Å². The molecule has 116 valence electrons. The summed E-state index contributed by atoms with van der Waals surface area (Å²) in [5.74, 6) is -4.14. The lowest BCUT2D eigenvalue weighted by Gasteiger charge is -2.11. The number of hydrogen-bond donors (Lipinski definition) is 2. The van der Waals surface area contributed by atoms with Crippen LogP contribution >= 0.6 is 0 Å². The normalized spacial score (nSPS) is 11.3. The van der Waals surface area contributed by atoms with E-state index < -0.39 is 29.6 Å². The Kier molecular flexibility index (Phi) is 3.94. The Labute approximate surface area is 121 Å². The Balaban J connectivity index is 2.43. The van der Waals surface area contributed by atoms with Gasteiger partial charge in [-0.25, -0.2) is 9.18 Å². The fourth-order valence-electron chi connectivity index (χ4n) is 1.78. The van der Waals surface area contributed by atoms with E-state index in [0.29, 0.717) is 0 Å². The number of rotatable bonds is 3. The van der Waals surface area contributed by atoms with Crippen LogP contribution in [0, 0.1) is 5.82 Å². The van der Waals surface area contributed by atoms with Crippen LogP contribution in [0.4, 0.5) is 17.6 Å². The number of phenols is 1. The number of alkyl halides is 3. The molecule has 2 aromatic rings. The molecular weight excluding hydrogens is 308 g/mol. The summed E-state index contributed by atoms with van der Waals surface area (Å²) in [6.07, 6.45) is -5.05. The number of aromatic hydroxyl groups is 1. The highest BCUT2D eigenvalue weighted by atomic mass is 19.4. The first kappa shape index (κ1) is 15.6. The quantitative estimate of drug-likeness (QED) is 0.845. The summed E-state index contributed by atoms with van der Waals surface area (Å²) in [6, 6.07) is 6.16. The van der Waals surface area contributed by atoms with Crippen molar-refractivity contribution in [2.75, 3.05) is 0 Å². The molecule has 0 unspecified atom stereocenters. The zero-order valence-corrected chi connectivity index (χ0v) is 10.7. The lowest BCUT2D eigenvalue weighted by molar-refractivity contribution is -0.275. The molecule has 2 aromatic carbocycles. The van der Waals surface area contributed by atoms with Crippen LogP contribution in [0.15, 0.2) is 36.4 Å².